The standard InChI is InChI=1S/C48H59N7O7/c1-3-31(2)41-45(59)51-37(30-34-20-11-6-12-21-34)48(62)54-26-14-23-39(54)43(57)49-35(28-32-16-7-4-8-17-32)46(60)53-25-13-22-38(53)42(56)50-36(29-33-18-9-5-10-19-33)47(61)55-27-15-24-40(55)44(58)52-41/h4-12,16-21,31,35-41H,3,13-15,22-30H2,1-2H3,(H,49,57)(H,50,56)(H,51,59)(H,52,58)/t31?,35-,36-,37-,38-,39-,40-,41-/m0/s1. The third kappa shape index (κ3) is 10.2. The Morgan fingerprint density at radius 1 is 0.468 bits per heavy atom. The first-order valence-electron chi connectivity index (χ1n) is 22.3. The lowest BCUT2D eigenvalue weighted by molar-refractivity contribution is -0.145. The third-order valence-electron chi connectivity index (χ3n) is 13.0. The van der Waals surface area contributed by atoms with Crippen molar-refractivity contribution >= 4 is 41.4 Å². The molecule has 7 amide bonds. The molecule has 4 N–H and O–H groups in total. The molecule has 4 aliphatic rings. The van der Waals surface area contributed by atoms with Crippen molar-refractivity contribution < 1.29 is 33.6 Å². The Morgan fingerprint density at radius 3 is 1.10 bits per heavy atom. The molecule has 1 unspecified atom stereocenters. The van der Waals surface area contributed by atoms with Crippen LogP contribution < -0.4 is 21.3 Å². The summed E-state index contributed by atoms with van der Waals surface area (Å²) in [4.78, 5) is 106. The molecule has 0 spiro atoms. The van der Waals surface area contributed by atoms with Gasteiger partial charge in [-0.25, -0.2) is 0 Å². The highest BCUT2D eigenvalue weighted by atomic mass is 16.2. The van der Waals surface area contributed by atoms with Gasteiger partial charge < -0.3 is 36.0 Å². The number of fused-ring (bicyclic) bond motifs is 3. The fourth-order valence-corrected chi connectivity index (χ4v) is 9.41. The maximum Gasteiger partial charge on any atom is 0.246 e. The molecule has 14 nitrogen and oxygen atoms in total. The number of carbonyl (C=O) groups is 7. The minimum Gasteiger partial charge on any atom is -0.342 e. The molecular weight excluding hydrogens is 787 g/mol. The van der Waals surface area contributed by atoms with Gasteiger partial charge in [0.1, 0.15) is 42.3 Å². The summed E-state index contributed by atoms with van der Waals surface area (Å²) in [5, 5.41) is 11.9. The van der Waals surface area contributed by atoms with Crippen molar-refractivity contribution in [3.8, 4) is 0 Å². The van der Waals surface area contributed by atoms with Crippen LogP contribution in [0, 0.1) is 5.92 Å². The zero-order valence-electron chi connectivity index (χ0n) is 35.7. The van der Waals surface area contributed by atoms with Crippen LogP contribution in [-0.2, 0) is 52.8 Å². The highest BCUT2D eigenvalue weighted by Crippen LogP contribution is 2.25. The van der Waals surface area contributed by atoms with Gasteiger partial charge in [0, 0.05) is 38.9 Å². The summed E-state index contributed by atoms with van der Waals surface area (Å²) in [5.41, 5.74) is 2.40. The molecule has 3 aromatic rings. The SMILES string of the molecule is CCC(C)[C@@H]1NC(=O)[C@@H]2CCCN2C(=O)[C@H](Cc2ccccc2)NC(=O)[C@@H]2CCCN2C(=O)[C@H](Cc2ccccc2)NC(=O)[C@@H]2CCCN2C(=O)[C@H](Cc2ccccc2)NC1=O. The van der Waals surface area contributed by atoms with Crippen molar-refractivity contribution in [1.29, 1.82) is 0 Å². The van der Waals surface area contributed by atoms with Crippen LogP contribution in [-0.4, -0.2) is 118 Å². The van der Waals surface area contributed by atoms with E-state index in [2.05, 4.69) is 21.3 Å². The second kappa shape index (κ2) is 20.2. The first-order chi connectivity index (χ1) is 30.0. The van der Waals surface area contributed by atoms with Gasteiger partial charge in [-0.2, -0.15) is 0 Å². The Morgan fingerprint density at radius 2 is 0.774 bits per heavy atom. The zero-order valence-corrected chi connectivity index (χ0v) is 35.7. The highest BCUT2D eigenvalue weighted by Gasteiger charge is 2.45. The lowest BCUT2D eigenvalue weighted by Gasteiger charge is -2.33. The van der Waals surface area contributed by atoms with Crippen molar-refractivity contribution in [3.05, 3.63) is 108 Å². The second-order valence-electron chi connectivity index (χ2n) is 17.2. The number of nitrogens with zero attached hydrogens (tertiary/aromatic N) is 3. The Kier molecular flexibility index (Phi) is 14.4. The largest absolute Gasteiger partial charge is 0.342 e. The molecule has 8 atom stereocenters. The fourth-order valence-electron chi connectivity index (χ4n) is 9.41. The van der Waals surface area contributed by atoms with E-state index in [1.165, 1.54) is 14.7 Å². The molecule has 0 radical (unpaired) electrons. The molecule has 14 heteroatoms. The van der Waals surface area contributed by atoms with Gasteiger partial charge in [-0.1, -0.05) is 111 Å². The first-order valence-corrected chi connectivity index (χ1v) is 22.3. The van der Waals surface area contributed by atoms with Gasteiger partial charge in [0.25, 0.3) is 0 Å². The van der Waals surface area contributed by atoms with Gasteiger partial charge in [0.15, 0.2) is 0 Å². The summed E-state index contributed by atoms with van der Waals surface area (Å²) in [6.07, 6.45) is 3.65. The quantitative estimate of drug-likeness (QED) is 0.270. The number of hydrogen-bond donors (Lipinski definition) is 4. The van der Waals surface area contributed by atoms with Crippen molar-refractivity contribution in [1.82, 2.24) is 36.0 Å². The monoisotopic (exact) mass is 845 g/mol. The highest BCUT2D eigenvalue weighted by molar-refractivity contribution is 5.99. The van der Waals surface area contributed by atoms with E-state index in [0.29, 0.717) is 44.9 Å². The predicted octanol–water partition coefficient (Wildman–Crippen LogP) is 2.69. The Bertz CT molecular complexity index is 2090. The molecular formula is C48H59N7O7. The molecule has 4 saturated heterocycles. The number of nitrogens with one attached hydrogen (secondary N) is 4. The van der Waals surface area contributed by atoms with Crippen molar-refractivity contribution in [2.24, 2.45) is 5.92 Å². The maximum absolute atomic E-state index is 14.7. The molecule has 4 aliphatic heterocycles. The second-order valence-corrected chi connectivity index (χ2v) is 17.2. The van der Waals surface area contributed by atoms with Crippen LogP contribution in [0.5, 0.6) is 0 Å². The summed E-state index contributed by atoms with van der Waals surface area (Å²) in [5.74, 6) is -3.70. The van der Waals surface area contributed by atoms with Crippen LogP contribution in [0.4, 0.5) is 0 Å². The van der Waals surface area contributed by atoms with E-state index in [1.54, 1.807) is 0 Å². The van der Waals surface area contributed by atoms with Crippen LogP contribution >= 0.6 is 0 Å². The van der Waals surface area contributed by atoms with Crippen LogP contribution in [0.25, 0.3) is 0 Å². The lowest BCUT2D eigenvalue weighted by atomic mass is 9.96. The van der Waals surface area contributed by atoms with Crippen LogP contribution in [0.1, 0.15) is 75.5 Å². The number of rotatable bonds is 8. The average molecular weight is 846 g/mol. The molecule has 62 heavy (non-hydrogen) atoms. The van der Waals surface area contributed by atoms with Gasteiger partial charge >= 0.3 is 0 Å². The minimum absolute atomic E-state index is 0.137. The van der Waals surface area contributed by atoms with Crippen LogP contribution in [0.3, 0.4) is 0 Å². The number of hydrogen-bond acceptors (Lipinski definition) is 7. The summed E-state index contributed by atoms with van der Waals surface area (Å²) in [6, 6.07) is 20.9. The van der Waals surface area contributed by atoms with Gasteiger partial charge in [-0.3, -0.25) is 33.6 Å². The molecule has 0 aliphatic carbocycles. The van der Waals surface area contributed by atoms with E-state index < -0.39 is 83.6 Å². The van der Waals surface area contributed by atoms with Gasteiger partial charge in [0.2, 0.25) is 41.4 Å². The first kappa shape index (κ1) is 44.0. The third-order valence-corrected chi connectivity index (χ3v) is 13.0. The van der Waals surface area contributed by atoms with E-state index in [9.17, 15) is 33.6 Å². The average Bonchev–Trinajstić information content (AvgIpc) is 4.10. The number of benzene rings is 3. The van der Waals surface area contributed by atoms with E-state index in [0.717, 1.165) is 16.7 Å². The normalized spacial score (nSPS) is 27.3. The molecule has 4 fully saturated rings. The number of amides is 7. The Labute approximate surface area is 363 Å². The molecule has 0 aromatic heterocycles. The minimum atomic E-state index is -1.08. The summed E-state index contributed by atoms with van der Waals surface area (Å²) >= 11 is 0. The molecule has 4 heterocycles. The van der Waals surface area contributed by atoms with E-state index in [1.807, 2.05) is 105 Å². The molecule has 0 saturated carbocycles. The summed E-state index contributed by atoms with van der Waals surface area (Å²) in [7, 11) is 0. The zero-order chi connectivity index (χ0) is 43.8. The van der Waals surface area contributed by atoms with E-state index in [-0.39, 0.29) is 44.8 Å². The van der Waals surface area contributed by atoms with Gasteiger partial charge in [0.05, 0.1) is 0 Å². The molecule has 7 rings (SSSR count). The van der Waals surface area contributed by atoms with Crippen LogP contribution in [0.15, 0.2) is 91.0 Å². The fraction of sp³-hybridized carbons (Fsp3) is 0.479. The van der Waals surface area contributed by atoms with E-state index >= 15 is 0 Å². The molecule has 3 aromatic carbocycles. The van der Waals surface area contributed by atoms with Crippen molar-refractivity contribution in [2.45, 2.75) is 120 Å². The molecule has 328 valence electrons. The van der Waals surface area contributed by atoms with E-state index in [4.69, 9.17) is 0 Å². The summed E-state index contributed by atoms with van der Waals surface area (Å²) in [6.45, 7) is 4.58. The van der Waals surface area contributed by atoms with Crippen LogP contribution in [0.2, 0.25) is 0 Å². The van der Waals surface area contributed by atoms with Gasteiger partial charge in [-0.05, 0) is 61.1 Å². The van der Waals surface area contributed by atoms with Gasteiger partial charge in [-0.15, -0.1) is 0 Å². The summed E-state index contributed by atoms with van der Waals surface area (Å²) < 4.78 is 0. The predicted molar refractivity (Wildman–Crippen MR) is 232 cm³/mol. The van der Waals surface area contributed by atoms with Crippen molar-refractivity contribution in [3.63, 3.8) is 0 Å². The molecule has 0 bridgehead atoms. The Balaban J connectivity index is 1.27. The topological polar surface area (TPSA) is 177 Å². The number of carbonyl (C=O) groups excluding carboxylic acids is 7. The lowest BCUT2D eigenvalue weighted by Crippen LogP contribution is -2.60. The Hall–Kier alpha value is -6.05. The maximum atomic E-state index is 14.7. The smallest absolute Gasteiger partial charge is 0.246 e. The van der Waals surface area contributed by atoms with Crippen molar-refractivity contribution in [2.75, 3.05) is 19.6 Å².